The number of hydrogen-bond donors (Lipinski definition) is 2. The molecule has 2 aromatic rings. The minimum Gasteiger partial charge on any atom is -0.493 e. The van der Waals surface area contributed by atoms with Crippen molar-refractivity contribution < 1.29 is 19.3 Å². The maximum atomic E-state index is 8.64. The fourth-order valence-electron chi connectivity index (χ4n) is 2.28. The first-order valence-corrected chi connectivity index (χ1v) is 9.02. The summed E-state index contributed by atoms with van der Waals surface area (Å²) in [6.45, 7) is 2.67. The summed E-state index contributed by atoms with van der Waals surface area (Å²) < 4.78 is 16.5. The maximum absolute atomic E-state index is 8.64. The Kier molecular flexibility index (Phi) is 9.01. The highest BCUT2D eigenvalue weighted by molar-refractivity contribution is 6.35. The van der Waals surface area contributed by atoms with Crippen LogP contribution in [-0.2, 0) is 17.9 Å². The molecule has 0 radical (unpaired) electrons. The highest BCUT2D eigenvalue weighted by Crippen LogP contribution is 2.30. The molecule has 5 nitrogen and oxygen atoms in total. The van der Waals surface area contributed by atoms with Gasteiger partial charge in [0.2, 0.25) is 0 Å². The van der Waals surface area contributed by atoms with Gasteiger partial charge < -0.3 is 24.6 Å². The Morgan fingerprint density at radius 1 is 1.04 bits per heavy atom. The third kappa shape index (κ3) is 6.67. The van der Waals surface area contributed by atoms with E-state index in [0.29, 0.717) is 54.5 Å². The molecule has 142 valence electrons. The molecule has 26 heavy (non-hydrogen) atoms. The summed E-state index contributed by atoms with van der Waals surface area (Å²) in [6.07, 6.45) is 0. The summed E-state index contributed by atoms with van der Waals surface area (Å²) in [6, 6.07) is 11.1. The molecule has 0 unspecified atom stereocenters. The van der Waals surface area contributed by atoms with Crippen LogP contribution in [0.1, 0.15) is 11.1 Å². The van der Waals surface area contributed by atoms with Crippen LogP contribution < -0.4 is 14.8 Å². The molecule has 0 bridgehead atoms. The minimum absolute atomic E-state index is 0.0416. The van der Waals surface area contributed by atoms with Crippen LogP contribution in [0, 0.1) is 0 Å². The molecule has 0 spiro atoms. The third-order valence-corrected chi connectivity index (χ3v) is 4.20. The standard InChI is InChI=1S/C19H23Cl2NO4/c1-24-19-10-14(12-22-6-8-25-9-7-23)2-5-18(19)26-13-15-3-4-16(20)11-17(15)21/h2-5,10-11,22-23H,6-9,12-13H2,1H3. The number of halogens is 2. The molecule has 0 aromatic heterocycles. The van der Waals surface area contributed by atoms with Crippen molar-refractivity contribution in [2.75, 3.05) is 33.5 Å². The maximum Gasteiger partial charge on any atom is 0.161 e. The first kappa shape index (κ1) is 20.8. The Bertz CT molecular complexity index is 697. The predicted octanol–water partition coefficient (Wildman–Crippen LogP) is 3.68. The Labute approximate surface area is 163 Å². The van der Waals surface area contributed by atoms with E-state index >= 15 is 0 Å². The van der Waals surface area contributed by atoms with E-state index in [1.165, 1.54) is 0 Å². The highest BCUT2D eigenvalue weighted by atomic mass is 35.5. The molecular weight excluding hydrogens is 377 g/mol. The largest absolute Gasteiger partial charge is 0.493 e. The molecule has 2 N–H and O–H groups in total. The number of aliphatic hydroxyl groups excluding tert-OH is 1. The molecule has 2 rings (SSSR count). The molecule has 0 saturated carbocycles. The molecule has 0 aliphatic rings. The number of hydrogen-bond acceptors (Lipinski definition) is 5. The van der Waals surface area contributed by atoms with Crippen molar-refractivity contribution in [2.45, 2.75) is 13.2 Å². The van der Waals surface area contributed by atoms with Gasteiger partial charge in [-0.25, -0.2) is 0 Å². The van der Waals surface area contributed by atoms with Crippen molar-refractivity contribution in [3.05, 3.63) is 57.6 Å². The smallest absolute Gasteiger partial charge is 0.161 e. The van der Waals surface area contributed by atoms with Gasteiger partial charge in [0.25, 0.3) is 0 Å². The van der Waals surface area contributed by atoms with E-state index in [9.17, 15) is 0 Å². The zero-order valence-electron chi connectivity index (χ0n) is 14.6. The molecule has 7 heteroatoms. The van der Waals surface area contributed by atoms with Gasteiger partial charge in [-0.2, -0.15) is 0 Å². The number of benzene rings is 2. The van der Waals surface area contributed by atoms with Gasteiger partial charge in [0.05, 0.1) is 26.9 Å². The van der Waals surface area contributed by atoms with Crippen LogP contribution in [0.3, 0.4) is 0 Å². The van der Waals surface area contributed by atoms with Crippen LogP contribution in [0.4, 0.5) is 0 Å². The Hall–Kier alpha value is -1.50. The number of ether oxygens (including phenoxy) is 3. The normalized spacial score (nSPS) is 10.8. The Morgan fingerprint density at radius 2 is 1.88 bits per heavy atom. The molecule has 0 heterocycles. The minimum atomic E-state index is 0.0416. The van der Waals surface area contributed by atoms with E-state index < -0.39 is 0 Å². The lowest BCUT2D eigenvalue weighted by Gasteiger charge is -2.13. The summed E-state index contributed by atoms with van der Waals surface area (Å²) in [5.41, 5.74) is 1.92. The predicted molar refractivity (Wildman–Crippen MR) is 103 cm³/mol. The lowest BCUT2D eigenvalue weighted by molar-refractivity contribution is 0.0938. The third-order valence-electron chi connectivity index (χ3n) is 3.61. The van der Waals surface area contributed by atoms with Crippen molar-refractivity contribution in [1.82, 2.24) is 5.32 Å². The molecular formula is C19H23Cl2NO4. The number of rotatable bonds is 11. The van der Waals surface area contributed by atoms with Gasteiger partial charge in [-0.3, -0.25) is 0 Å². The van der Waals surface area contributed by atoms with Gasteiger partial charge >= 0.3 is 0 Å². The van der Waals surface area contributed by atoms with E-state index in [0.717, 1.165) is 11.1 Å². The average molecular weight is 400 g/mol. The SMILES string of the molecule is COc1cc(CNCCOCCO)ccc1OCc1ccc(Cl)cc1Cl. The summed E-state index contributed by atoms with van der Waals surface area (Å²) in [5, 5.41) is 13.1. The Morgan fingerprint density at radius 3 is 2.62 bits per heavy atom. The second-order valence-corrected chi connectivity index (χ2v) is 6.37. The van der Waals surface area contributed by atoms with Crippen molar-refractivity contribution in [2.24, 2.45) is 0 Å². The zero-order chi connectivity index (χ0) is 18.8. The lowest BCUT2D eigenvalue weighted by Crippen LogP contribution is -2.20. The van der Waals surface area contributed by atoms with E-state index in [4.69, 9.17) is 42.5 Å². The van der Waals surface area contributed by atoms with E-state index in [2.05, 4.69) is 5.32 Å². The fraction of sp³-hybridized carbons (Fsp3) is 0.368. The second-order valence-electron chi connectivity index (χ2n) is 5.52. The molecule has 0 atom stereocenters. The number of aliphatic hydroxyl groups is 1. The van der Waals surface area contributed by atoms with Gasteiger partial charge in [-0.05, 0) is 29.8 Å². The van der Waals surface area contributed by atoms with Crippen molar-refractivity contribution >= 4 is 23.2 Å². The quantitative estimate of drug-likeness (QED) is 0.564. The summed E-state index contributed by atoms with van der Waals surface area (Å²) in [7, 11) is 1.61. The summed E-state index contributed by atoms with van der Waals surface area (Å²) in [4.78, 5) is 0. The van der Waals surface area contributed by atoms with Crippen LogP contribution in [-0.4, -0.2) is 38.6 Å². The van der Waals surface area contributed by atoms with Gasteiger partial charge in [-0.1, -0.05) is 35.3 Å². The lowest BCUT2D eigenvalue weighted by atomic mass is 10.2. The van der Waals surface area contributed by atoms with Crippen molar-refractivity contribution in [1.29, 1.82) is 0 Å². The van der Waals surface area contributed by atoms with Gasteiger partial charge in [-0.15, -0.1) is 0 Å². The molecule has 2 aromatic carbocycles. The molecule has 0 fully saturated rings. The van der Waals surface area contributed by atoms with Gasteiger partial charge in [0.1, 0.15) is 6.61 Å². The van der Waals surface area contributed by atoms with Crippen molar-refractivity contribution in [3.63, 3.8) is 0 Å². The van der Waals surface area contributed by atoms with E-state index in [-0.39, 0.29) is 6.61 Å². The van der Waals surface area contributed by atoms with Gasteiger partial charge in [0, 0.05) is 28.7 Å². The fourth-order valence-corrected chi connectivity index (χ4v) is 2.74. The van der Waals surface area contributed by atoms with Gasteiger partial charge in [0.15, 0.2) is 11.5 Å². The first-order chi connectivity index (χ1) is 12.6. The average Bonchev–Trinajstić information content (AvgIpc) is 2.64. The van der Waals surface area contributed by atoms with Crippen LogP contribution in [0.15, 0.2) is 36.4 Å². The van der Waals surface area contributed by atoms with Crippen LogP contribution in [0.25, 0.3) is 0 Å². The zero-order valence-corrected chi connectivity index (χ0v) is 16.1. The topological polar surface area (TPSA) is 60.0 Å². The van der Waals surface area contributed by atoms with Crippen molar-refractivity contribution in [3.8, 4) is 11.5 Å². The Balaban J connectivity index is 1.89. The highest BCUT2D eigenvalue weighted by Gasteiger charge is 2.08. The van der Waals surface area contributed by atoms with E-state index in [1.807, 2.05) is 24.3 Å². The van der Waals surface area contributed by atoms with E-state index in [1.54, 1.807) is 19.2 Å². The van der Waals surface area contributed by atoms with Crippen LogP contribution in [0.5, 0.6) is 11.5 Å². The number of nitrogens with one attached hydrogen (secondary N) is 1. The summed E-state index contributed by atoms with van der Waals surface area (Å²) in [5.74, 6) is 1.31. The molecule has 0 saturated heterocycles. The summed E-state index contributed by atoms with van der Waals surface area (Å²) >= 11 is 12.1. The molecule has 0 aliphatic carbocycles. The second kappa shape index (κ2) is 11.3. The first-order valence-electron chi connectivity index (χ1n) is 8.27. The monoisotopic (exact) mass is 399 g/mol. The molecule has 0 amide bonds. The number of methoxy groups -OCH3 is 1. The van der Waals surface area contributed by atoms with Crippen LogP contribution in [0.2, 0.25) is 10.0 Å². The van der Waals surface area contributed by atoms with Crippen LogP contribution >= 0.6 is 23.2 Å². The molecule has 0 aliphatic heterocycles.